The smallest absolute Gasteiger partial charge is 0.243 e. The molecule has 1 aliphatic rings. The summed E-state index contributed by atoms with van der Waals surface area (Å²) in [5, 5.41) is 4.97. The fourth-order valence-corrected chi connectivity index (χ4v) is 2.56. The molecule has 1 heterocycles. The minimum atomic E-state index is 0.0236. The lowest BCUT2D eigenvalue weighted by molar-refractivity contribution is -0.122. The van der Waals surface area contributed by atoms with Gasteiger partial charge in [0.25, 0.3) is 0 Å². The molecule has 1 aliphatic carbocycles. The first-order valence-corrected chi connectivity index (χ1v) is 6.76. The molecule has 0 atom stereocenters. The second kappa shape index (κ2) is 4.49. The van der Waals surface area contributed by atoms with Crippen molar-refractivity contribution in [2.75, 3.05) is 0 Å². The Morgan fingerprint density at radius 2 is 2.22 bits per heavy atom. The number of carbonyl (C=O) groups excluding carboxylic acids is 1. The standard InChI is InChI=1S/C13H13N3OS/c1-8(15-16-12(17)9-6-7-9)13-14-10-4-2-3-5-11(10)18-13/h2-5,9H,6-7H2,1H3,(H,16,17)/b15-8-. The lowest BCUT2D eigenvalue weighted by Gasteiger charge is -1.97. The molecule has 0 spiro atoms. The Hall–Kier alpha value is -1.75. The Balaban J connectivity index is 1.79. The molecule has 1 fully saturated rings. The number of aromatic nitrogens is 1. The highest BCUT2D eigenvalue weighted by Crippen LogP contribution is 2.28. The molecule has 1 amide bonds. The predicted molar refractivity (Wildman–Crippen MR) is 72.7 cm³/mol. The van der Waals surface area contributed by atoms with Gasteiger partial charge in [0.05, 0.1) is 15.9 Å². The van der Waals surface area contributed by atoms with E-state index in [2.05, 4.69) is 15.5 Å². The van der Waals surface area contributed by atoms with E-state index in [9.17, 15) is 4.79 Å². The van der Waals surface area contributed by atoms with Crippen LogP contribution in [0.25, 0.3) is 10.2 Å². The van der Waals surface area contributed by atoms with Gasteiger partial charge < -0.3 is 0 Å². The summed E-state index contributed by atoms with van der Waals surface area (Å²) in [6.45, 7) is 1.87. The predicted octanol–water partition coefficient (Wildman–Crippen LogP) is 2.55. The van der Waals surface area contributed by atoms with Crippen LogP contribution in [0.15, 0.2) is 29.4 Å². The lowest BCUT2D eigenvalue weighted by Crippen LogP contribution is -2.20. The van der Waals surface area contributed by atoms with Gasteiger partial charge in [-0.25, -0.2) is 10.4 Å². The number of nitrogens with one attached hydrogen (secondary N) is 1. The zero-order valence-electron chi connectivity index (χ0n) is 10.0. The van der Waals surface area contributed by atoms with Crippen molar-refractivity contribution in [1.82, 2.24) is 10.4 Å². The highest BCUT2D eigenvalue weighted by molar-refractivity contribution is 7.20. The van der Waals surface area contributed by atoms with Gasteiger partial charge in [0.15, 0.2) is 0 Å². The molecule has 1 N–H and O–H groups in total. The zero-order valence-corrected chi connectivity index (χ0v) is 10.8. The van der Waals surface area contributed by atoms with Crippen LogP contribution in [0.4, 0.5) is 0 Å². The van der Waals surface area contributed by atoms with Crippen LogP contribution < -0.4 is 5.43 Å². The van der Waals surface area contributed by atoms with E-state index in [0.29, 0.717) is 0 Å². The molecule has 0 aliphatic heterocycles. The van der Waals surface area contributed by atoms with Crippen molar-refractivity contribution in [1.29, 1.82) is 0 Å². The summed E-state index contributed by atoms with van der Waals surface area (Å²) >= 11 is 1.59. The van der Waals surface area contributed by atoms with E-state index in [1.807, 2.05) is 31.2 Å². The molecule has 1 saturated carbocycles. The van der Waals surface area contributed by atoms with Crippen LogP contribution >= 0.6 is 11.3 Å². The monoisotopic (exact) mass is 259 g/mol. The first-order chi connectivity index (χ1) is 8.74. The Morgan fingerprint density at radius 1 is 1.44 bits per heavy atom. The summed E-state index contributed by atoms with van der Waals surface area (Å²) in [7, 11) is 0. The molecular formula is C13H13N3OS. The van der Waals surface area contributed by atoms with E-state index in [1.165, 1.54) is 0 Å². The van der Waals surface area contributed by atoms with Crippen molar-refractivity contribution in [3.63, 3.8) is 0 Å². The number of hydrogen-bond donors (Lipinski definition) is 1. The molecule has 0 unspecified atom stereocenters. The molecule has 2 aromatic rings. The average molecular weight is 259 g/mol. The molecule has 18 heavy (non-hydrogen) atoms. The highest BCUT2D eigenvalue weighted by atomic mass is 32.1. The summed E-state index contributed by atoms with van der Waals surface area (Å²) < 4.78 is 1.13. The topological polar surface area (TPSA) is 54.4 Å². The third-order valence-electron chi connectivity index (χ3n) is 2.89. The molecular weight excluding hydrogens is 246 g/mol. The molecule has 92 valence electrons. The molecule has 0 saturated heterocycles. The van der Waals surface area contributed by atoms with Gasteiger partial charge in [0, 0.05) is 5.92 Å². The van der Waals surface area contributed by atoms with Crippen LogP contribution in [0.2, 0.25) is 0 Å². The van der Waals surface area contributed by atoms with Gasteiger partial charge in [-0.3, -0.25) is 4.79 Å². The second-order valence-electron chi connectivity index (χ2n) is 4.43. The van der Waals surface area contributed by atoms with E-state index in [1.54, 1.807) is 11.3 Å². The minimum absolute atomic E-state index is 0.0236. The third kappa shape index (κ3) is 2.26. The Labute approximate surface area is 109 Å². The van der Waals surface area contributed by atoms with Crippen molar-refractivity contribution in [2.45, 2.75) is 19.8 Å². The van der Waals surface area contributed by atoms with Gasteiger partial charge in [0.2, 0.25) is 5.91 Å². The number of carbonyl (C=O) groups is 1. The quantitative estimate of drug-likeness (QED) is 0.680. The number of para-hydroxylation sites is 1. The van der Waals surface area contributed by atoms with Crippen molar-refractivity contribution in [2.24, 2.45) is 11.0 Å². The Morgan fingerprint density at radius 3 is 2.94 bits per heavy atom. The van der Waals surface area contributed by atoms with Crippen LogP contribution in [0.1, 0.15) is 24.8 Å². The van der Waals surface area contributed by atoms with Gasteiger partial charge >= 0.3 is 0 Å². The van der Waals surface area contributed by atoms with Crippen molar-refractivity contribution >= 4 is 33.2 Å². The molecule has 3 rings (SSSR count). The molecule has 1 aromatic heterocycles. The maximum absolute atomic E-state index is 11.5. The summed E-state index contributed by atoms with van der Waals surface area (Å²) in [6.07, 6.45) is 1.98. The normalized spacial score (nSPS) is 15.9. The maximum Gasteiger partial charge on any atom is 0.243 e. The zero-order chi connectivity index (χ0) is 12.5. The lowest BCUT2D eigenvalue weighted by atomic mass is 10.3. The maximum atomic E-state index is 11.5. The van der Waals surface area contributed by atoms with Crippen LogP contribution in [-0.2, 0) is 4.79 Å². The second-order valence-corrected chi connectivity index (χ2v) is 5.46. The van der Waals surface area contributed by atoms with E-state index in [0.717, 1.165) is 33.8 Å². The van der Waals surface area contributed by atoms with E-state index >= 15 is 0 Å². The fourth-order valence-electron chi connectivity index (χ4n) is 1.65. The van der Waals surface area contributed by atoms with Crippen LogP contribution in [0.5, 0.6) is 0 Å². The molecule has 4 nitrogen and oxygen atoms in total. The van der Waals surface area contributed by atoms with E-state index in [4.69, 9.17) is 0 Å². The molecule has 0 radical (unpaired) electrons. The third-order valence-corrected chi connectivity index (χ3v) is 4.03. The average Bonchev–Trinajstić information content (AvgIpc) is 3.14. The summed E-state index contributed by atoms with van der Waals surface area (Å²) in [4.78, 5) is 16.0. The Bertz CT molecular complexity index is 595. The number of fused-ring (bicyclic) bond motifs is 1. The first kappa shape index (κ1) is 11.3. The van der Waals surface area contributed by atoms with Gasteiger partial charge in [-0.2, -0.15) is 5.10 Å². The molecule has 1 aromatic carbocycles. The minimum Gasteiger partial charge on any atom is -0.273 e. The van der Waals surface area contributed by atoms with Crippen LogP contribution in [0.3, 0.4) is 0 Å². The Kier molecular flexibility index (Phi) is 2.83. The van der Waals surface area contributed by atoms with Crippen molar-refractivity contribution < 1.29 is 4.79 Å². The highest BCUT2D eigenvalue weighted by Gasteiger charge is 2.29. The largest absolute Gasteiger partial charge is 0.273 e. The number of nitrogens with zero attached hydrogens (tertiary/aromatic N) is 2. The number of hydrazone groups is 1. The number of hydrogen-bond acceptors (Lipinski definition) is 4. The summed E-state index contributed by atoms with van der Waals surface area (Å²) in [5.41, 5.74) is 4.33. The number of amides is 1. The van der Waals surface area contributed by atoms with Crippen molar-refractivity contribution in [3.05, 3.63) is 29.3 Å². The van der Waals surface area contributed by atoms with E-state index < -0.39 is 0 Å². The van der Waals surface area contributed by atoms with Crippen molar-refractivity contribution in [3.8, 4) is 0 Å². The van der Waals surface area contributed by atoms with Gasteiger partial charge in [-0.1, -0.05) is 12.1 Å². The van der Waals surface area contributed by atoms with Gasteiger partial charge in [-0.15, -0.1) is 11.3 Å². The SMILES string of the molecule is C/C(=N/NC(=O)C1CC1)c1nc2ccccc2s1. The van der Waals surface area contributed by atoms with Crippen LogP contribution in [0, 0.1) is 5.92 Å². The summed E-state index contributed by atoms with van der Waals surface area (Å²) in [6, 6.07) is 7.97. The van der Waals surface area contributed by atoms with E-state index in [-0.39, 0.29) is 11.8 Å². The number of benzene rings is 1. The number of rotatable bonds is 3. The first-order valence-electron chi connectivity index (χ1n) is 5.94. The van der Waals surface area contributed by atoms with Gasteiger partial charge in [-0.05, 0) is 31.9 Å². The number of thiazole rings is 1. The summed E-state index contributed by atoms with van der Waals surface area (Å²) in [5.74, 6) is 0.201. The molecule has 0 bridgehead atoms. The fraction of sp³-hybridized carbons (Fsp3) is 0.308. The van der Waals surface area contributed by atoms with Gasteiger partial charge in [0.1, 0.15) is 5.01 Å². The molecule has 5 heteroatoms. The van der Waals surface area contributed by atoms with Crippen LogP contribution in [-0.4, -0.2) is 16.6 Å².